The predicted molar refractivity (Wildman–Crippen MR) is 38.1 cm³/mol. The van der Waals surface area contributed by atoms with Crippen molar-refractivity contribution in [1.29, 1.82) is 0 Å². The number of allylic oxidation sites excluding steroid dienone is 2. The molecule has 1 rings (SSSR count). The van der Waals surface area contributed by atoms with Crippen LogP contribution in [0.2, 0.25) is 0 Å². The zero-order chi connectivity index (χ0) is 7.40. The Labute approximate surface area is 59.9 Å². The van der Waals surface area contributed by atoms with Crippen molar-refractivity contribution < 1.29 is 10.2 Å². The molecule has 1 aliphatic heterocycles. The van der Waals surface area contributed by atoms with E-state index in [1.165, 1.54) is 0 Å². The van der Waals surface area contributed by atoms with Crippen molar-refractivity contribution in [3.05, 3.63) is 24.4 Å². The van der Waals surface area contributed by atoms with E-state index in [4.69, 9.17) is 5.11 Å². The van der Waals surface area contributed by atoms with E-state index < -0.39 is 6.23 Å². The first kappa shape index (κ1) is 7.31. The van der Waals surface area contributed by atoms with Crippen LogP contribution in [0.25, 0.3) is 0 Å². The molecule has 0 saturated heterocycles. The summed E-state index contributed by atoms with van der Waals surface area (Å²) in [5.41, 5.74) is 0. The molecule has 0 saturated carbocycles. The first-order valence-electron chi connectivity index (χ1n) is 3.24. The molecule has 0 fully saturated rings. The van der Waals surface area contributed by atoms with E-state index in [2.05, 4.69) is 0 Å². The van der Waals surface area contributed by atoms with E-state index in [0.717, 1.165) is 0 Å². The summed E-state index contributed by atoms with van der Waals surface area (Å²) in [7, 11) is 0. The van der Waals surface area contributed by atoms with Gasteiger partial charge in [-0.2, -0.15) is 0 Å². The van der Waals surface area contributed by atoms with E-state index in [0.29, 0.717) is 6.54 Å². The standard InChI is InChI=1S/C7H11NO2/c9-6-5-8-4-2-1-3-7(8)10/h1-4,7,9-10H,5-6H2. The fraction of sp³-hybridized carbons (Fsp3) is 0.429. The second-order valence-electron chi connectivity index (χ2n) is 2.10. The summed E-state index contributed by atoms with van der Waals surface area (Å²) in [4.78, 5) is 1.65. The fourth-order valence-electron chi connectivity index (χ4n) is 0.845. The SMILES string of the molecule is OCCN1C=CC=CC1O. The molecule has 0 aromatic heterocycles. The van der Waals surface area contributed by atoms with Gasteiger partial charge in [-0.3, -0.25) is 0 Å². The van der Waals surface area contributed by atoms with Gasteiger partial charge in [-0.25, -0.2) is 0 Å². The molecule has 1 unspecified atom stereocenters. The Morgan fingerprint density at radius 3 is 2.80 bits per heavy atom. The topological polar surface area (TPSA) is 43.7 Å². The highest BCUT2D eigenvalue weighted by molar-refractivity contribution is 5.10. The number of aliphatic hydroxyl groups excluding tert-OH is 2. The lowest BCUT2D eigenvalue weighted by atomic mass is 10.3. The van der Waals surface area contributed by atoms with Gasteiger partial charge in [0.1, 0.15) is 6.23 Å². The molecule has 2 N–H and O–H groups in total. The second kappa shape index (κ2) is 3.39. The summed E-state index contributed by atoms with van der Waals surface area (Å²) >= 11 is 0. The van der Waals surface area contributed by atoms with Crippen LogP contribution in [-0.4, -0.2) is 34.5 Å². The minimum atomic E-state index is -0.572. The van der Waals surface area contributed by atoms with Gasteiger partial charge in [0.25, 0.3) is 0 Å². The second-order valence-corrected chi connectivity index (χ2v) is 2.10. The van der Waals surface area contributed by atoms with Crippen LogP contribution < -0.4 is 0 Å². The first-order chi connectivity index (χ1) is 4.84. The lowest BCUT2D eigenvalue weighted by Gasteiger charge is -2.24. The maximum atomic E-state index is 9.18. The van der Waals surface area contributed by atoms with Gasteiger partial charge < -0.3 is 15.1 Å². The van der Waals surface area contributed by atoms with Gasteiger partial charge in [-0.05, 0) is 12.2 Å². The first-order valence-corrected chi connectivity index (χ1v) is 3.24. The van der Waals surface area contributed by atoms with Gasteiger partial charge in [0.05, 0.1) is 6.61 Å². The largest absolute Gasteiger partial charge is 0.395 e. The third-order valence-corrected chi connectivity index (χ3v) is 1.37. The molecule has 0 radical (unpaired) electrons. The monoisotopic (exact) mass is 141 g/mol. The molecule has 56 valence electrons. The van der Waals surface area contributed by atoms with Crippen molar-refractivity contribution in [3.63, 3.8) is 0 Å². The zero-order valence-electron chi connectivity index (χ0n) is 5.64. The van der Waals surface area contributed by atoms with Gasteiger partial charge in [-0.15, -0.1) is 0 Å². The molecule has 1 heterocycles. The zero-order valence-corrected chi connectivity index (χ0v) is 5.64. The van der Waals surface area contributed by atoms with Crippen molar-refractivity contribution in [2.45, 2.75) is 6.23 Å². The number of hydrogen-bond acceptors (Lipinski definition) is 3. The molecule has 10 heavy (non-hydrogen) atoms. The Hall–Kier alpha value is -0.800. The Morgan fingerprint density at radius 1 is 1.40 bits per heavy atom. The normalized spacial score (nSPS) is 23.8. The van der Waals surface area contributed by atoms with Crippen LogP contribution in [0.4, 0.5) is 0 Å². The van der Waals surface area contributed by atoms with E-state index in [9.17, 15) is 5.11 Å². The van der Waals surface area contributed by atoms with Crippen molar-refractivity contribution in [1.82, 2.24) is 4.90 Å². The summed E-state index contributed by atoms with van der Waals surface area (Å²) in [6, 6.07) is 0. The quantitative estimate of drug-likeness (QED) is 0.554. The molecule has 0 spiro atoms. The van der Waals surface area contributed by atoms with Crippen molar-refractivity contribution in [3.8, 4) is 0 Å². The summed E-state index contributed by atoms with van der Waals surface area (Å²) in [5, 5.41) is 17.7. The van der Waals surface area contributed by atoms with Gasteiger partial charge >= 0.3 is 0 Å². The van der Waals surface area contributed by atoms with Crippen LogP contribution in [0, 0.1) is 0 Å². The number of β-amino-alcohol motifs (C(OH)–C–C–N with tert-alkyl or cyclic N) is 1. The predicted octanol–water partition coefficient (Wildman–Crippen LogP) is -0.317. The highest BCUT2D eigenvalue weighted by Gasteiger charge is 2.08. The van der Waals surface area contributed by atoms with Gasteiger partial charge in [0.15, 0.2) is 0 Å². The number of rotatable bonds is 2. The fourth-order valence-corrected chi connectivity index (χ4v) is 0.845. The Morgan fingerprint density at radius 2 is 2.20 bits per heavy atom. The third kappa shape index (κ3) is 1.59. The molecule has 1 atom stereocenters. The minimum absolute atomic E-state index is 0.0647. The number of aliphatic hydroxyl groups is 2. The lowest BCUT2D eigenvalue weighted by molar-refractivity contribution is 0.0643. The molecule has 0 aromatic carbocycles. The van der Waals surface area contributed by atoms with Crippen LogP contribution in [0.1, 0.15) is 0 Å². The van der Waals surface area contributed by atoms with Crippen molar-refractivity contribution in [2.75, 3.05) is 13.2 Å². The van der Waals surface area contributed by atoms with Gasteiger partial charge in [0, 0.05) is 12.7 Å². The third-order valence-electron chi connectivity index (χ3n) is 1.37. The molecular formula is C7H11NO2. The van der Waals surface area contributed by atoms with Crippen LogP contribution in [0.15, 0.2) is 24.4 Å². The van der Waals surface area contributed by atoms with Crippen molar-refractivity contribution in [2.24, 2.45) is 0 Å². The maximum absolute atomic E-state index is 9.18. The van der Waals surface area contributed by atoms with E-state index in [1.54, 1.807) is 23.3 Å². The van der Waals surface area contributed by atoms with Gasteiger partial charge in [-0.1, -0.05) is 6.08 Å². The molecule has 3 heteroatoms. The number of hydrogen-bond donors (Lipinski definition) is 2. The van der Waals surface area contributed by atoms with Crippen LogP contribution >= 0.6 is 0 Å². The summed E-state index contributed by atoms with van der Waals surface area (Å²) in [6.07, 6.45) is 6.44. The highest BCUT2D eigenvalue weighted by atomic mass is 16.3. The van der Waals surface area contributed by atoms with E-state index in [1.807, 2.05) is 6.08 Å². The van der Waals surface area contributed by atoms with Gasteiger partial charge in [0.2, 0.25) is 0 Å². The smallest absolute Gasteiger partial charge is 0.146 e. The summed E-state index contributed by atoms with van der Waals surface area (Å²) < 4.78 is 0. The molecule has 0 amide bonds. The highest BCUT2D eigenvalue weighted by Crippen LogP contribution is 2.03. The average Bonchev–Trinajstić information content (AvgIpc) is 1.94. The Balaban J connectivity index is 2.44. The molecule has 1 aliphatic rings. The molecular weight excluding hydrogens is 130 g/mol. The van der Waals surface area contributed by atoms with Crippen LogP contribution in [0.5, 0.6) is 0 Å². The Kier molecular flexibility index (Phi) is 2.48. The molecule has 3 nitrogen and oxygen atoms in total. The average molecular weight is 141 g/mol. The van der Waals surface area contributed by atoms with Crippen molar-refractivity contribution >= 4 is 0 Å². The van der Waals surface area contributed by atoms with Crippen LogP contribution in [-0.2, 0) is 0 Å². The Bertz CT molecular complexity index is 154. The van der Waals surface area contributed by atoms with E-state index in [-0.39, 0.29) is 6.61 Å². The molecule has 0 bridgehead atoms. The summed E-state index contributed by atoms with van der Waals surface area (Å²) in [5.74, 6) is 0. The molecule has 0 aromatic rings. The summed E-state index contributed by atoms with van der Waals surface area (Å²) in [6.45, 7) is 0.539. The number of nitrogens with zero attached hydrogens (tertiary/aromatic N) is 1. The molecule has 0 aliphatic carbocycles. The maximum Gasteiger partial charge on any atom is 0.146 e. The van der Waals surface area contributed by atoms with Crippen LogP contribution in [0.3, 0.4) is 0 Å². The van der Waals surface area contributed by atoms with E-state index >= 15 is 0 Å². The minimum Gasteiger partial charge on any atom is -0.395 e. The lowest BCUT2D eigenvalue weighted by Crippen LogP contribution is -2.32.